The van der Waals surface area contributed by atoms with Gasteiger partial charge < -0.3 is 4.42 Å². The molecule has 0 atom stereocenters. The number of hydrogen-bond acceptors (Lipinski definition) is 5. The van der Waals surface area contributed by atoms with Gasteiger partial charge in [-0.1, -0.05) is 62.6 Å². The first-order valence-corrected chi connectivity index (χ1v) is 11.1. The van der Waals surface area contributed by atoms with Gasteiger partial charge in [-0.3, -0.25) is 4.79 Å². The van der Waals surface area contributed by atoms with Crippen molar-refractivity contribution >= 4 is 61.5 Å². The van der Waals surface area contributed by atoms with Crippen molar-refractivity contribution in [3.8, 4) is 22.7 Å². The van der Waals surface area contributed by atoms with E-state index in [1.165, 1.54) is 15.9 Å². The van der Waals surface area contributed by atoms with E-state index in [0.717, 1.165) is 15.8 Å². The predicted octanol–water partition coefficient (Wildman–Crippen LogP) is 5.70. The van der Waals surface area contributed by atoms with Crippen LogP contribution >= 0.6 is 50.5 Å². The number of benzene rings is 2. The number of fused-ring (bicyclic) bond motifs is 1. The first-order chi connectivity index (χ1) is 14.5. The van der Waals surface area contributed by atoms with Crippen molar-refractivity contribution in [1.82, 2.24) is 14.6 Å². The van der Waals surface area contributed by atoms with Gasteiger partial charge in [0.2, 0.25) is 4.96 Å². The van der Waals surface area contributed by atoms with E-state index in [-0.39, 0.29) is 5.56 Å². The van der Waals surface area contributed by atoms with Gasteiger partial charge in [0.1, 0.15) is 16.1 Å². The number of nitrogens with zero attached hydrogens (tertiary/aromatic N) is 3. The molecule has 0 spiro atoms. The summed E-state index contributed by atoms with van der Waals surface area (Å²) in [5.41, 5.74) is 1.31. The van der Waals surface area contributed by atoms with E-state index in [9.17, 15) is 4.79 Å². The number of hydrogen-bond donors (Lipinski definition) is 0. The molecule has 0 saturated heterocycles. The van der Waals surface area contributed by atoms with Crippen molar-refractivity contribution in [2.24, 2.45) is 0 Å². The second-order valence-electron chi connectivity index (χ2n) is 6.38. The highest BCUT2D eigenvalue weighted by molar-refractivity contribution is 9.10. The lowest BCUT2D eigenvalue weighted by Gasteiger charge is -1.98. The maximum atomic E-state index is 12.8. The first-order valence-electron chi connectivity index (χ1n) is 8.70. The molecule has 0 radical (unpaired) electrons. The molecule has 0 aliphatic carbocycles. The molecule has 5 rings (SSSR count). The number of aromatic nitrogens is 3. The molecule has 30 heavy (non-hydrogen) atoms. The Kier molecular flexibility index (Phi) is 4.99. The Labute approximate surface area is 192 Å². The second kappa shape index (κ2) is 7.67. The smallest absolute Gasteiger partial charge is 0.291 e. The SMILES string of the molecule is O=c1c(=Cc2ccc(-c3ccc(Br)cc3)o2)sc2nc(-c3ccc(Cl)cc3Cl)nn12. The molecule has 0 unspecified atom stereocenters. The van der Waals surface area contributed by atoms with Crippen molar-refractivity contribution in [3.63, 3.8) is 0 Å². The Morgan fingerprint density at radius 3 is 2.60 bits per heavy atom. The lowest BCUT2D eigenvalue weighted by Crippen LogP contribution is -2.23. The summed E-state index contributed by atoms with van der Waals surface area (Å²) < 4.78 is 8.63. The zero-order chi connectivity index (χ0) is 20.8. The minimum Gasteiger partial charge on any atom is -0.457 e. The van der Waals surface area contributed by atoms with Crippen LogP contribution in [0, 0.1) is 0 Å². The maximum Gasteiger partial charge on any atom is 0.291 e. The summed E-state index contributed by atoms with van der Waals surface area (Å²) in [6.45, 7) is 0. The first kappa shape index (κ1) is 19.5. The lowest BCUT2D eigenvalue weighted by atomic mass is 10.2. The number of thiazole rings is 1. The van der Waals surface area contributed by atoms with Crippen LogP contribution in [0.25, 0.3) is 33.7 Å². The summed E-state index contributed by atoms with van der Waals surface area (Å²) >= 11 is 16.8. The molecule has 0 aliphatic rings. The lowest BCUT2D eigenvalue weighted by molar-refractivity contribution is 0.571. The molecule has 2 aromatic carbocycles. The van der Waals surface area contributed by atoms with Crippen LogP contribution in [0.3, 0.4) is 0 Å². The van der Waals surface area contributed by atoms with Crippen LogP contribution in [0.4, 0.5) is 0 Å². The van der Waals surface area contributed by atoms with Gasteiger partial charge in [0.05, 0.1) is 5.02 Å². The summed E-state index contributed by atoms with van der Waals surface area (Å²) in [5.74, 6) is 1.68. The standard InChI is InChI=1S/C21H10BrCl2N3O2S/c22-12-3-1-11(2-4-12)17-8-6-14(29-17)10-18-20(28)27-21(30-18)25-19(26-27)15-7-5-13(23)9-16(15)24/h1-10H. The molecule has 0 N–H and O–H groups in total. The molecule has 3 aromatic heterocycles. The van der Waals surface area contributed by atoms with Crippen LogP contribution in [0.15, 0.2) is 68.3 Å². The molecule has 0 fully saturated rings. The third kappa shape index (κ3) is 3.58. The van der Waals surface area contributed by atoms with Crippen molar-refractivity contribution in [2.75, 3.05) is 0 Å². The largest absolute Gasteiger partial charge is 0.457 e. The van der Waals surface area contributed by atoms with Gasteiger partial charge in [0.25, 0.3) is 5.56 Å². The van der Waals surface area contributed by atoms with Crippen molar-refractivity contribution in [1.29, 1.82) is 0 Å². The molecular weight excluding hydrogens is 509 g/mol. The van der Waals surface area contributed by atoms with Crippen LogP contribution in [-0.4, -0.2) is 14.6 Å². The molecule has 0 amide bonds. The van der Waals surface area contributed by atoms with Crippen LogP contribution in [-0.2, 0) is 0 Å². The Bertz CT molecular complexity index is 1510. The van der Waals surface area contributed by atoms with Gasteiger partial charge in [0.15, 0.2) is 5.82 Å². The Balaban J connectivity index is 1.52. The third-order valence-corrected chi connectivity index (χ3v) is 6.42. The number of furan rings is 1. The van der Waals surface area contributed by atoms with Gasteiger partial charge in [0, 0.05) is 26.7 Å². The average molecular weight is 519 g/mol. The molecule has 5 aromatic rings. The Morgan fingerprint density at radius 1 is 1.07 bits per heavy atom. The van der Waals surface area contributed by atoms with Gasteiger partial charge in [-0.25, -0.2) is 0 Å². The average Bonchev–Trinajstić information content (AvgIpc) is 3.41. The fraction of sp³-hybridized carbons (Fsp3) is 0. The van der Waals surface area contributed by atoms with E-state index in [1.807, 2.05) is 36.4 Å². The van der Waals surface area contributed by atoms with Gasteiger partial charge in [-0.15, -0.1) is 5.10 Å². The normalized spacial score (nSPS) is 12.2. The van der Waals surface area contributed by atoms with E-state index in [2.05, 4.69) is 26.0 Å². The highest BCUT2D eigenvalue weighted by Gasteiger charge is 2.15. The number of halogens is 3. The van der Waals surface area contributed by atoms with Crippen LogP contribution < -0.4 is 10.1 Å². The molecule has 0 aliphatic heterocycles. The molecule has 148 valence electrons. The summed E-state index contributed by atoms with van der Waals surface area (Å²) in [5, 5.41) is 5.26. The van der Waals surface area contributed by atoms with Gasteiger partial charge in [-0.2, -0.15) is 9.50 Å². The third-order valence-electron chi connectivity index (χ3n) is 4.38. The van der Waals surface area contributed by atoms with E-state index < -0.39 is 0 Å². The van der Waals surface area contributed by atoms with Crippen molar-refractivity contribution < 1.29 is 4.42 Å². The molecule has 9 heteroatoms. The van der Waals surface area contributed by atoms with Crippen LogP contribution in [0.1, 0.15) is 5.76 Å². The second-order valence-corrected chi connectivity index (χ2v) is 9.15. The molecule has 5 nitrogen and oxygen atoms in total. The molecule has 0 bridgehead atoms. The predicted molar refractivity (Wildman–Crippen MR) is 123 cm³/mol. The fourth-order valence-electron chi connectivity index (χ4n) is 2.95. The minimum absolute atomic E-state index is 0.263. The summed E-state index contributed by atoms with van der Waals surface area (Å²) in [4.78, 5) is 17.7. The van der Waals surface area contributed by atoms with Gasteiger partial charge >= 0.3 is 0 Å². The topological polar surface area (TPSA) is 60.4 Å². The zero-order valence-corrected chi connectivity index (χ0v) is 18.9. The van der Waals surface area contributed by atoms with Crippen LogP contribution in [0.2, 0.25) is 10.0 Å². The van der Waals surface area contributed by atoms with Crippen molar-refractivity contribution in [3.05, 3.63) is 89.8 Å². The molecular formula is C21H10BrCl2N3O2S. The molecule has 0 saturated carbocycles. The maximum absolute atomic E-state index is 12.8. The zero-order valence-electron chi connectivity index (χ0n) is 15.0. The number of rotatable bonds is 3. The van der Waals surface area contributed by atoms with E-state index in [1.54, 1.807) is 24.3 Å². The Hall–Kier alpha value is -2.45. The minimum atomic E-state index is -0.263. The quantitative estimate of drug-likeness (QED) is 0.307. The van der Waals surface area contributed by atoms with E-state index in [0.29, 0.717) is 36.7 Å². The highest BCUT2D eigenvalue weighted by Crippen LogP contribution is 2.28. The highest BCUT2D eigenvalue weighted by atomic mass is 79.9. The molecule has 3 heterocycles. The summed E-state index contributed by atoms with van der Waals surface area (Å²) in [6.07, 6.45) is 1.70. The Morgan fingerprint density at radius 2 is 1.87 bits per heavy atom. The summed E-state index contributed by atoms with van der Waals surface area (Å²) in [7, 11) is 0. The van der Waals surface area contributed by atoms with E-state index >= 15 is 0 Å². The monoisotopic (exact) mass is 517 g/mol. The fourth-order valence-corrected chi connectivity index (χ4v) is 4.59. The van der Waals surface area contributed by atoms with Crippen molar-refractivity contribution in [2.45, 2.75) is 0 Å². The van der Waals surface area contributed by atoms with Gasteiger partial charge in [-0.05, 0) is 42.5 Å². The van der Waals surface area contributed by atoms with E-state index in [4.69, 9.17) is 27.6 Å². The van der Waals surface area contributed by atoms with Crippen LogP contribution in [0.5, 0.6) is 0 Å². The summed E-state index contributed by atoms with van der Waals surface area (Å²) in [6, 6.07) is 16.6.